The van der Waals surface area contributed by atoms with E-state index in [1.54, 1.807) is 11.3 Å². The molecule has 11 nitrogen and oxygen atoms in total. The molecule has 27 aromatic rings. The first-order valence-corrected chi connectivity index (χ1v) is 45.8. The molecule has 0 amide bonds. The average molecular weight is 1740 g/mol. The Labute approximate surface area is 778 Å². The van der Waals surface area contributed by atoms with Gasteiger partial charge in [0.1, 0.15) is 22.3 Å². The van der Waals surface area contributed by atoms with E-state index in [0.717, 1.165) is 149 Å². The molecule has 0 atom stereocenters. The quantitative estimate of drug-likeness (QED) is 0.114. The molecule has 27 rings (SSSR count). The monoisotopic (exact) mass is 1740 g/mol. The summed E-state index contributed by atoms with van der Waals surface area (Å²) in [7, 11) is 0. The Morgan fingerprint density at radius 3 is 1.08 bits per heavy atom. The number of fused-ring (bicyclic) bond motifs is 22. The number of aromatic nitrogens is 8. The molecule has 0 unspecified atom stereocenters. The van der Waals surface area contributed by atoms with Gasteiger partial charge < -0.3 is 8.83 Å². The number of nitriles is 1. The molecule has 0 aliphatic rings. The first-order valence-electron chi connectivity index (χ1n) is 45.0. The van der Waals surface area contributed by atoms with Crippen molar-refractivity contribution in [3.05, 3.63) is 448 Å². The van der Waals surface area contributed by atoms with Crippen LogP contribution in [0.4, 0.5) is 0 Å². The lowest BCUT2D eigenvalue weighted by molar-refractivity contribution is 0.669. The van der Waals surface area contributed by atoms with Crippen LogP contribution >= 0.6 is 11.3 Å². The molecule has 12 heteroatoms. The molecule has 0 saturated carbocycles. The normalized spacial score (nSPS) is 11.5. The minimum atomic E-state index is 0.605. The minimum Gasteiger partial charge on any atom is -0.456 e. The maximum absolute atomic E-state index is 9.56. The molecule has 0 fully saturated rings. The van der Waals surface area contributed by atoms with Crippen molar-refractivity contribution in [1.29, 1.82) is 5.26 Å². The van der Waals surface area contributed by atoms with Gasteiger partial charge in [-0.25, -0.2) is 39.9 Å². The van der Waals surface area contributed by atoms with E-state index in [9.17, 15) is 5.26 Å². The number of hydrogen-bond donors (Lipinski definition) is 0. The molecular formula is C123H73N9O2S. The fraction of sp³-hybridized carbons (Fsp3) is 0. The predicted octanol–water partition coefficient (Wildman–Crippen LogP) is 32.7. The highest BCUT2D eigenvalue weighted by atomic mass is 32.1. The molecule has 21 aromatic carbocycles. The van der Waals surface area contributed by atoms with E-state index in [1.165, 1.54) is 74.0 Å². The lowest BCUT2D eigenvalue weighted by atomic mass is 9.89. The highest BCUT2D eigenvalue weighted by Gasteiger charge is 2.26. The number of furan rings is 2. The molecule has 6 aromatic heterocycles. The number of hydrogen-bond acceptors (Lipinski definition) is 12. The maximum Gasteiger partial charge on any atom is 0.164 e. The van der Waals surface area contributed by atoms with Crippen molar-refractivity contribution in [2.75, 3.05) is 0 Å². The Bertz CT molecular complexity index is 9350. The van der Waals surface area contributed by atoms with E-state index in [2.05, 4.69) is 255 Å². The van der Waals surface area contributed by atoms with Crippen molar-refractivity contribution in [2.24, 2.45) is 0 Å². The van der Waals surface area contributed by atoms with Gasteiger partial charge in [-0.3, -0.25) is 0 Å². The van der Waals surface area contributed by atoms with E-state index in [-0.39, 0.29) is 0 Å². The maximum atomic E-state index is 9.56. The lowest BCUT2D eigenvalue weighted by Gasteiger charge is -2.15. The molecule has 628 valence electrons. The number of nitrogens with zero attached hydrogens (tertiary/aromatic N) is 9. The smallest absolute Gasteiger partial charge is 0.164 e. The van der Waals surface area contributed by atoms with Crippen LogP contribution in [0.5, 0.6) is 0 Å². The fourth-order valence-electron chi connectivity index (χ4n) is 19.5. The van der Waals surface area contributed by atoms with E-state index < -0.39 is 0 Å². The van der Waals surface area contributed by atoms with Crippen LogP contribution in [0.15, 0.2) is 452 Å². The van der Waals surface area contributed by atoms with Gasteiger partial charge in [0.25, 0.3) is 0 Å². The highest BCUT2D eigenvalue weighted by molar-refractivity contribution is 7.26. The van der Waals surface area contributed by atoms with Gasteiger partial charge in [-0.1, -0.05) is 388 Å². The molecule has 0 bridgehead atoms. The first kappa shape index (κ1) is 79.1. The minimum absolute atomic E-state index is 0.605. The number of para-hydroxylation sites is 2. The standard InChI is InChI=1S/C45H27N3O.C41H25N3O.C37H21N3S/c1-3-14-29(15-4-1)43-46-44(30-16-5-2-6-17-30)48-45(47-43)36-23-12-20-32-33(36)21-11-22-34(32)38-27-40-42(37-19-9-10-24-39(37)49-40)41-31-18-8-7-13-28(31)25-26-35(38)41;1-3-14-27(15-4-1)39-42-40(28-16-5-2-6-17-28)44-41(43-39)32-20-10-9-19-30(32)34-25-36-38(33-21-11-12-22-35(33)45-36)37-29-18-8-7-13-26(29)23-24-31(34)37;38-22-23-9-8-13-26(19-23)32-21-31(25-11-2-1-3-12-25)39-37(40-32)30-20-27-18-17-24-10-4-5-14-28(24)34(27)35-29-15-6-7-16-33(29)41-36(30)35/h1-27H;1-25H;1-21H. The third kappa shape index (κ3) is 14.1. The topological polar surface area (TPSA) is 153 Å². The third-order valence-electron chi connectivity index (χ3n) is 25.7. The second-order valence-corrected chi connectivity index (χ2v) is 34.7. The zero-order valence-corrected chi connectivity index (χ0v) is 73.2. The van der Waals surface area contributed by atoms with Gasteiger partial charge in [-0.05, 0) is 141 Å². The zero-order chi connectivity index (χ0) is 89.4. The third-order valence-corrected chi connectivity index (χ3v) is 26.9. The molecule has 135 heavy (non-hydrogen) atoms. The predicted molar refractivity (Wildman–Crippen MR) is 556 cm³/mol. The number of benzene rings is 21. The Morgan fingerprint density at radius 2 is 0.556 bits per heavy atom. The largest absolute Gasteiger partial charge is 0.456 e. The van der Waals surface area contributed by atoms with Crippen LogP contribution < -0.4 is 0 Å². The van der Waals surface area contributed by atoms with Crippen LogP contribution in [-0.2, 0) is 0 Å². The SMILES string of the molecule is N#Cc1cccc(-c2cc(-c3ccccc3)nc(-c3cc4ccc5ccccc5c4c4c3sc3ccccc34)n2)c1.c1ccc(-c2nc(-c3ccccc3)nc(-c3cccc4c(-c5cc6oc7ccccc7c6c6c5ccc5ccccc56)cccc34)n2)cc1.c1ccc(-c2nc(-c3ccccc3)nc(-c3ccccc3-c3cc4oc5ccccc5c4c4c3ccc3ccccc34)n2)cc1. The van der Waals surface area contributed by atoms with Crippen molar-refractivity contribution in [2.45, 2.75) is 0 Å². The number of thiophene rings is 1. The van der Waals surface area contributed by atoms with E-state index >= 15 is 0 Å². The van der Waals surface area contributed by atoms with Crippen molar-refractivity contribution in [3.8, 4) is 131 Å². The van der Waals surface area contributed by atoms with Gasteiger partial charge in [0.15, 0.2) is 40.8 Å². The molecule has 0 aliphatic carbocycles. The Hall–Kier alpha value is -18.2. The molecule has 6 heterocycles. The summed E-state index contributed by atoms with van der Waals surface area (Å²) >= 11 is 1.79. The van der Waals surface area contributed by atoms with Gasteiger partial charge >= 0.3 is 0 Å². The van der Waals surface area contributed by atoms with Crippen molar-refractivity contribution in [3.63, 3.8) is 0 Å². The summed E-state index contributed by atoms with van der Waals surface area (Å²) < 4.78 is 15.5. The summed E-state index contributed by atoms with van der Waals surface area (Å²) in [6, 6.07) is 155. The summed E-state index contributed by atoms with van der Waals surface area (Å²) in [6.45, 7) is 0. The van der Waals surface area contributed by atoms with Crippen molar-refractivity contribution < 1.29 is 8.83 Å². The highest BCUT2D eigenvalue weighted by Crippen LogP contribution is 2.51. The molecule has 0 saturated heterocycles. The summed E-state index contributed by atoms with van der Waals surface area (Å²) in [5.41, 5.74) is 18.7. The first-order chi connectivity index (χ1) is 66.9. The molecular weight excluding hydrogens is 1670 g/mol. The van der Waals surface area contributed by atoms with E-state index in [1.807, 2.05) is 194 Å². The lowest BCUT2D eigenvalue weighted by Crippen LogP contribution is -2.01. The Balaban J connectivity index is 0.000000108. The van der Waals surface area contributed by atoms with Gasteiger partial charge in [-0.2, -0.15) is 5.26 Å². The van der Waals surface area contributed by atoms with Crippen molar-refractivity contribution >= 4 is 151 Å². The van der Waals surface area contributed by atoms with Gasteiger partial charge in [-0.15, -0.1) is 11.3 Å². The van der Waals surface area contributed by atoms with Gasteiger partial charge in [0.05, 0.1) is 23.0 Å². The zero-order valence-electron chi connectivity index (χ0n) is 72.4. The summed E-state index contributed by atoms with van der Waals surface area (Å²) in [5, 5.41) is 33.2. The van der Waals surface area contributed by atoms with Crippen LogP contribution in [0.2, 0.25) is 0 Å². The van der Waals surface area contributed by atoms with Gasteiger partial charge in [0.2, 0.25) is 0 Å². The number of rotatable bonds is 11. The second-order valence-electron chi connectivity index (χ2n) is 33.7. The van der Waals surface area contributed by atoms with Crippen LogP contribution in [-0.4, -0.2) is 39.9 Å². The second kappa shape index (κ2) is 33.4. The summed E-state index contributed by atoms with van der Waals surface area (Å²) in [4.78, 5) is 40.4. The fourth-order valence-corrected chi connectivity index (χ4v) is 20.8. The summed E-state index contributed by atoms with van der Waals surface area (Å²) in [5.74, 6) is 4.50. The molecule has 0 spiro atoms. The molecule has 0 aliphatic heterocycles. The summed E-state index contributed by atoms with van der Waals surface area (Å²) in [6.07, 6.45) is 0. The van der Waals surface area contributed by atoms with Crippen LogP contribution in [0.25, 0.3) is 264 Å². The van der Waals surface area contributed by atoms with Crippen LogP contribution in [0, 0.1) is 11.3 Å². The van der Waals surface area contributed by atoms with E-state index in [4.69, 9.17) is 48.7 Å². The Morgan fingerprint density at radius 1 is 0.193 bits per heavy atom. The van der Waals surface area contributed by atoms with Crippen LogP contribution in [0.3, 0.4) is 0 Å². The van der Waals surface area contributed by atoms with Crippen molar-refractivity contribution in [1.82, 2.24) is 39.9 Å². The molecule has 0 radical (unpaired) electrons. The average Bonchev–Trinajstić information content (AvgIpc) is 1.63. The van der Waals surface area contributed by atoms with E-state index in [0.29, 0.717) is 46.3 Å². The Kier molecular flexibility index (Phi) is 19.6. The molecule has 0 N–H and O–H groups in total. The van der Waals surface area contributed by atoms with Crippen LogP contribution in [0.1, 0.15) is 5.56 Å². The van der Waals surface area contributed by atoms with Gasteiger partial charge in [0, 0.05) is 103 Å².